The van der Waals surface area contributed by atoms with Crippen LogP contribution in [0.1, 0.15) is 30.5 Å². The topological polar surface area (TPSA) is 96.2 Å². The SMILES string of the molecule is Cc1c(CCC(=O)NC[C@@]2(O)CCCN(c3cnccn3)C2)cnn1C. The number of nitrogens with zero attached hydrogens (tertiary/aromatic N) is 5. The van der Waals surface area contributed by atoms with Crippen molar-refractivity contribution in [1.29, 1.82) is 0 Å². The van der Waals surface area contributed by atoms with E-state index in [1.807, 2.05) is 18.9 Å². The number of nitrogens with one attached hydrogen (secondary N) is 1. The average molecular weight is 358 g/mol. The fraction of sp³-hybridized carbons (Fsp3) is 0.556. The van der Waals surface area contributed by atoms with Gasteiger partial charge in [0.1, 0.15) is 5.82 Å². The van der Waals surface area contributed by atoms with E-state index in [0.717, 1.165) is 30.0 Å². The number of amides is 1. The maximum Gasteiger partial charge on any atom is 0.220 e. The van der Waals surface area contributed by atoms with Crippen molar-refractivity contribution in [2.45, 2.75) is 38.2 Å². The Morgan fingerprint density at radius 1 is 1.38 bits per heavy atom. The van der Waals surface area contributed by atoms with Gasteiger partial charge in [-0.05, 0) is 31.7 Å². The minimum atomic E-state index is -0.949. The van der Waals surface area contributed by atoms with Crippen LogP contribution in [0.25, 0.3) is 0 Å². The normalized spacial score (nSPS) is 20.2. The van der Waals surface area contributed by atoms with E-state index in [2.05, 4.69) is 20.4 Å². The van der Waals surface area contributed by atoms with E-state index in [4.69, 9.17) is 0 Å². The molecule has 0 aliphatic carbocycles. The molecule has 1 atom stereocenters. The van der Waals surface area contributed by atoms with Gasteiger partial charge in [-0.15, -0.1) is 0 Å². The van der Waals surface area contributed by atoms with Crippen LogP contribution in [0.15, 0.2) is 24.8 Å². The Labute approximate surface area is 153 Å². The quantitative estimate of drug-likeness (QED) is 0.785. The highest BCUT2D eigenvalue weighted by Crippen LogP contribution is 2.24. The van der Waals surface area contributed by atoms with E-state index in [-0.39, 0.29) is 12.5 Å². The number of β-amino-alcohol motifs (C(OH)–C–C–N with tert-alkyl or cyclic N) is 1. The van der Waals surface area contributed by atoms with Crippen LogP contribution in [0, 0.1) is 6.92 Å². The smallest absolute Gasteiger partial charge is 0.220 e. The third-order valence-electron chi connectivity index (χ3n) is 5.00. The van der Waals surface area contributed by atoms with Crippen LogP contribution in [-0.2, 0) is 18.3 Å². The summed E-state index contributed by atoms with van der Waals surface area (Å²) >= 11 is 0. The van der Waals surface area contributed by atoms with Crippen LogP contribution >= 0.6 is 0 Å². The van der Waals surface area contributed by atoms with Gasteiger partial charge in [-0.1, -0.05) is 0 Å². The van der Waals surface area contributed by atoms with Crippen molar-refractivity contribution in [1.82, 2.24) is 25.1 Å². The Morgan fingerprint density at radius 3 is 2.92 bits per heavy atom. The van der Waals surface area contributed by atoms with Crippen LogP contribution in [0.2, 0.25) is 0 Å². The van der Waals surface area contributed by atoms with Gasteiger partial charge in [0.2, 0.25) is 5.91 Å². The molecular weight excluding hydrogens is 332 g/mol. The van der Waals surface area contributed by atoms with E-state index in [9.17, 15) is 9.90 Å². The molecule has 3 heterocycles. The maximum atomic E-state index is 12.2. The molecule has 0 spiro atoms. The lowest BCUT2D eigenvalue weighted by Gasteiger charge is -2.39. The molecule has 2 N–H and O–H groups in total. The molecular formula is C18H26N6O2. The highest BCUT2D eigenvalue weighted by atomic mass is 16.3. The molecule has 0 saturated carbocycles. The van der Waals surface area contributed by atoms with Crippen LogP contribution in [0.5, 0.6) is 0 Å². The molecule has 2 aromatic rings. The van der Waals surface area contributed by atoms with Gasteiger partial charge in [0.25, 0.3) is 0 Å². The minimum absolute atomic E-state index is 0.0571. The van der Waals surface area contributed by atoms with Crippen molar-refractivity contribution in [3.63, 3.8) is 0 Å². The zero-order chi connectivity index (χ0) is 18.6. The number of aryl methyl sites for hydroxylation is 2. The first-order valence-electron chi connectivity index (χ1n) is 8.94. The number of aromatic nitrogens is 4. The molecule has 0 radical (unpaired) electrons. The number of piperidine rings is 1. The molecule has 1 fully saturated rings. The number of anilines is 1. The first kappa shape index (κ1) is 18.3. The first-order valence-corrected chi connectivity index (χ1v) is 8.94. The van der Waals surface area contributed by atoms with Crippen LogP contribution in [0.4, 0.5) is 5.82 Å². The molecule has 1 aliphatic heterocycles. The largest absolute Gasteiger partial charge is 0.386 e. The second-order valence-corrected chi connectivity index (χ2v) is 6.97. The molecule has 0 aromatic carbocycles. The Balaban J connectivity index is 1.49. The number of rotatable bonds is 6. The van der Waals surface area contributed by atoms with Gasteiger partial charge in [-0.3, -0.25) is 14.5 Å². The fourth-order valence-corrected chi connectivity index (χ4v) is 3.30. The van der Waals surface area contributed by atoms with Crippen LogP contribution in [0.3, 0.4) is 0 Å². The zero-order valence-electron chi connectivity index (χ0n) is 15.4. The van der Waals surface area contributed by atoms with E-state index in [0.29, 0.717) is 25.8 Å². The highest BCUT2D eigenvalue weighted by Gasteiger charge is 2.34. The summed E-state index contributed by atoms with van der Waals surface area (Å²) in [6.07, 6.45) is 9.31. The molecule has 0 bridgehead atoms. The third kappa shape index (κ3) is 4.37. The number of hydrogen-bond donors (Lipinski definition) is 2. The molecule has 2 aromatic heterocycles. The first-order chi connectivity index (χ1) is 12.5. The lowest BCUT2D eigenvalue weighted by Crippen LogP contribution is -2.54. The van der Waals surface area contributed by atoms with Gasteiger partial charge in [0, 0.05) is 51.2 Å². The molecule has 1 amide bonds. The summed E-state index contributed by atoms with van der Waals surface area (Å²) in [5.74, 6) is 0.697. The number of carbonyl (C=O) groups is 1. The molecule has 26 heavy (non-hydrogen) atoms. The Morgan fingerprint density at radius 2 is 2.23 bits per heavy atom. The molecule has 140 valence electrons. The molecule has 0 unspecified atom stereocenters. The van der Waals surface area contributed by atoms with E-state index < -0.39 is 5.60 Å². The van der Waals surface area contributed by atoms with Gasteiger partial charge in [0.05, 0.1) is 18.0 Å². The van der Waals surface area contributed by atoms with Gasteiger partial charge < -0.3 is 15.3 Å². The standard InChI is InChI=1S/C18H26N6O2/c1-14-15(10-22-23(14)2)4-5-17(25)21-12-18(26)6-3-9-24(13-18)16-11-19-7-8-20-16/h7-8,10-11,26H,3-6,9,12-13H2,1-2H3,(H,21,25)/t18-/m0/s1. The van der Waals surface area contributed by atoms with Gasteiger partial charge >= 0.3 is 0 Å². The summed E-state index contributed by atoms with van der Waals surface area (Å²) in [5.41, 5.74) is 1.20. The average Bonchev–Trinajstić information content (AvgIpc) is 2.97. The zero-order valence-corrected chi connectivity index (χ0v) is 15.4. The van der Waals surface area contributed by atoms with E-state index in [1.54, 1.807) is 29.5 Å². The second-order valence-electron chi connectivity index (χ2n) is 6.97. The third-order valence-corrected chi connectivity index (χ3v) is 5.00. The van der Waals surface area contributed by atoms with Crippen molar-refractivity contribution in [2.24, 2.45) is 7.05 Å². The molecule has 8 nitrogen and oxygen atoms in total. The molecule has 1 saturated heterocycles. The van der Waals surface area contributed by atoms with Gasteiger partial charge in [0.15, 0.2) is 0 Å². The van der Waals surface area contributed by atoms with Crippen LogP contribution in [-0.4, -0.2) is 56.0 Å². The summed E-state index contributed by atoms with van der Waals surface area (Å²) < 4.78 is 1.80. The predicted molar refractivity (Wildman–Crippen MR) is 97.7 cm³/mol. The number of hydrogen-bond acceptors (Lipinski definition) is 6. The van der Waals surface area contributed by atoms with Gasteiger partial charge in [-0.2, -0.15) is 5.10 Å². The summed E-state index contributed by atoms with van der Waals surface area (Å²) in [5, 5.41) is 17.9. The Kier molecular flexibility index (Phi) is 5.51. The van der Waals surface area contributed by atoms with Crippen LogP contribution < -0.4 is 10.2 Å². The van der Waals surface area contributed by atoms with Crippen molar-refractivity contribution < 1.29 is 9.90 Å². The summed E-state index contributed by atoms with van der Waals surface area (Å²) in [4.78, 5) is 22.6. The summed E-state index contributed by atoms with van der Waals surface area (Å²) in [6.45, 7) is 3.50. The van der Waals surface area contributed by atoms with Crippen molar-refractivity contribution >= 4 is 11.7 Å². The van der Waals surface area contributed by atoms with Crippen molar-refractivity contribution in [2.75, 3.05) is 24.5 Å². The maximum absolute atomic E-state index is 12.2. The lowest BCUT2D eigenvalue weighted by atomic mass is 9.92. The highest BCUT2D eigenvalue weighted by molar-refractivity contribution is 5.76. The minimum Gasteiger partial charge on any atom is -0.386 e. The molecule has 8 heteroatoms. The Hall–Kier alpha value is -2.48. The number of aliphatic hydroxyl groups is 1. The Bertz CT molecular complexity index is 747. The van der Waals surface area contributed by atoms with Gasteiger partial charge in [-0.25, -0.2) is 4.98 Å². The fourth-order valence-electron chi connectivity index (χ4n) is 3.30. The molecule has 1 aliphatic rings. The van der Waals surface area contributed by atoms with Crippen molar-refractivity contribution in [3.8, 4) is 0 Å². The number of carbonyl (C=O) groups excluding carboxylic acids is 1. The second kappa shape index (κ2) is 7.82. The predicted octanol–water partition coefficient (Wildman–Crippen LogP) is 0.599. The monoisotopic (exact) mass is 358 g/mol. The van der Waals surface area contributed by atoms with E-state index in [1.165, 1.54) is 0 Å². The molecule has 3 rings (SSSR count). The van der Waals surface area contributed by atoms with Crippen molar-refractivity contribution in [3.05, 3.63) is 36.0 Å². The summed E-state index contributed by atoms with van der Waals surface area (Å²) in [6, 6.07) is 0. The van der Waals surface area contributed by atoms with E-state index >= 15 is 0 Å². The summed E-state index contributed by atoms with van der Waals surface area (Å²) in [7, 11) is 1.89. The lowest BCUT2D eigenvalue weighted by molar-refractivity contribution is -0.122.